The van der Waals surface area contributed by atoms with Gasteiger partial charge < -0.3 is 4.43 Å². The van der Waals surface area contributed by atoms with E-state index in [1.807, 2.05) is 6.07 Å². The molecule has 6 heteroatoms. The maximum Gasteiger partial charge on any atom is 0.269 e. The molecule has 112 valence electrons. The molecule has 0 aliphatic heterocycles. The summed E-state index contributed by atoms with van der Waals surface area (Å²) in [5, 5.41) is 10.9. The minimum absolute atomic E-state index is 0.0398. The Morgan fingerprint density at radius 1 is 1.30 bits per heavy atom. The molecular weight excluding hydrogens is 385 g/mol. The molecule has 20 heavy (non-hydrogen) atoms. The summed E-state index contributed by atoms with van der Waals surface area (Å²) in [6.45, 7) is 6.57. The van der Waals surface area contributed by atoms with E-state index in [0.29, 0.717) is 0 Å². The summed E-state index contributed by atoms with van der Waals surface area (Å²) in [7, 11) is -1.70. The first-order valence-corrected chi connectivity index (χ1v) is 11.1. The van der Waals surface area contributed by atoms with Crippen LogP contribution in [0.1, 0.15) is 32.4 Å². The van der Waals surface area contributed by atoms with Gasteiger partial charge in [-0.25, -0.2) is 0 Å². The molecular formula is C14H22INO3Si. The SMILES string of the molecule is CC[Si](CC)(CC)O[C@@H](CI)c1cccc([N+](=O)[O-])c1. The van der Waals surface area contributed by atoms with E-state index in [1.54, 1.807) is 12.1 Å². The van der Waals surface area contributed by atoms with Gasteiger partial charge in [0.1, 0.15) is 0 Å². The van der Waals surface area contributed by atoms with E-state index in [2.05, 4.69) is 43.4 Å². The van der Waals surface area contributed by atoms with Crippen molar-refractivity contribution in [2.75, 3.05) is 4.43 Å². The van der Waals surface area contributed by atoms with Crippen molar-refractivity contribution in [3.8, 4) is 0 Å². The third-order valence-electron chi connectivity index (χ3n) is 3.92. The van der Waals surface area contributed by atoms with Crippen LogP contribution in [0.25, 0.3) is 0 Å². The Hall–Kier alpha value is -0.473. The van der Waals surface area contributed by atoms with E-state index in [1.165, 1.54) is 6.07 Å². The number of rotatable bonds is 8. The number of nitro benzene ring substituents is 1. The highest BCUT2D eigenvalue weighted by molar-refractivity contribution is 14.1. The smallest absolute Gasteiger partial charge is 0.269 e. The van der Waals surface area contributed by atoms with Gasteiger partial charge in [-0.05, 0) is 23.7 Å². The summed E-state index contributed by atoms with van der Waals surface area (Å²) in [4.78, 5) is 10.5. The van der Waals surface area contributed by atoms with Gasteiger partial charge in [0.15, 0.2) is 8.32 Å². The summed E-state index contributed by atoms with van der Waals surface area (Å²) in [5.74, 6) is 0. The van der Waals surface area contributed by atoms with Crippen LogP contribution in [0, 0.1) is 10.1 Å². The van der Waals surface area contributed by atoms with Crippen LogP contribution in [0.15, 0.2) is 24.3 Å². The van der Waals surface area contributed by atoms with Crippen LogP contribution in [0.2, 0.25) is 18.1 Å². The van der Waals surface area contributed by atoms with Crippen molar-refractivity contribution in [2.45, 2.75) is 45.0 Å². The molecule has 1 atom stereocenters. The highest BCUT2D eigenvalue weighted by Gasteiger charge is 2.32. The van der Waals surface area contributed by atoms with E-state index in [4.69, 9.17) is 4.43 Å². The molecule has 0 spiro atoms. The fourth-order valence-electron chi connectivity index (χ4n) is 2.33. The van der Waals surface area contributed by atoms with Gasteiger partial charge in [-0.1, -0.05) is 55.5 Å². The maximum atomic E-state index is 10.9. The third-order valence-corrected chi connectivity index (χ3v) is 9.37. The van der Waals surface area contributed by atoms with Crippen molar-refractivity contribution in [2.24, 2.45) is 0 Å². The summed E-state index contributed by atoms with van der Waals surface area (Å²) in [6.07, 6.45) is -0.0398. The largest absolute Gasteiger partial charge is 0.409 e. The zero-order chi connectivity index (χ0) is 15.2. The summed E-state index contributed by atoms with van der Waals surface area (Å²) >= 11 is 2.30. The van der Waals surface area contributed by atoms with Gasteiger partial charge >= 0.3 is 0 Å². The standard InChI is InChI=1S/C14H22INO3Si/c1-4-20(5-2,6-3)19-14(11-15)12-8-7-9-13(10-12)16(17)18/h7-10,14H,4-6,11H2,1-3H3/t14-/m0/s1. The molecule has 0 radical (unpaired) electrons. The molecule has 0 saturated heterocycles. The second-order valence-corrected chi connectivity index (χ2v) is 10.5. The lowest BCUT2D eigenvalue weighted by Gasteiger charge is -2.32. The van der Waals surface area contributed by atoms with Crippen LogP contribution in [0.5, 0.6) is 0 Å². The molecule has 1 rings (SSSR count). The van der Waals surface area contributed by atoms with Crippen molar-refractivity contribution >= 4 is 36.6 Å². The van der Waals surface area contributed by atoms with Crippen molar-refractivity contribution < 1.29 is 9.35 Å². The molecule has 0 bridgehead atoms. The Balaban J connectivity index is 3.01. The summed E-state index contributed by atoms with van der Waals surface area (Å²) in [5.41, 5.74) is 1.05. The molecule has 1 aromatic rings. The lowest BCUT2D eigenvalue weighted by atomic mass is 10.1. The van der Waals surface area contributed by atoms with Gasteiger partial charge in [-0.15, -0.1) is 0 Å². The Morgan fingerprint density at radius 2 is 1.90 bits per heavy atom. The van der Waals surface area contributed by atoms with Gasteiger partial charge in [-0.3, -0.25) is 10.1 Å². The Bertz CT molecular complexity index is 444. The number of nitro groups is 1. The Labute approximate surface area is 135 Å². The van der Waals surface area contributed by atoms with Gasteiger partial charge in [0.2, 0.25) is 0 Å². The minimum atomic E-state index is -1.70. The molecule has 0 unspecified atom stereocenters. The Morgan fingerprint density at radius 3 is 2.35 bits per heavy atom. The zero-order valence-corrected chi connectivity index (χ0v) is 15.4. The van der Waals surface area contributed by atoms with Crippen LogP contribution in [0.3, 0.4) is 0 Å². The number of non-ortho nitro benzene ring substituents is 1. The highest BCUT2D eigenvalue weighted by atomic mass is 127. The monoisotopic (exact) mass is 407 g/mol. The minimum Gasteiger partial charge on any atom is -0.409 e. The van der Waals surface area contributed by atoms with Crippen LogP contribution in [-0.2, 0) is 4.43 Å². The fraction of sp³-hybridized carbons (Fsp3) is 0.571. The van der Waals surface area contributed by atoms with E-state index in [9.17, 15) is 10.1 Å². The predicted molar refractivity (Wildman–Crippen MR) is 93.0 cm³/mol. The molecule has 0 saturated carbocycles. The van der Waals surface area contributed by atoms with Crippen molar-refractivity contribution in [3.05, 3.63) is 39.9 Å². The normalized spacial score (nSPS) is 13.2. The Kier molecular flexibility index (Phi) is 7.11. The van der Waals surface area contributed by atoms with Gasteiger partial charge in [0, 0.05) is 16.6 Å². The van der Waals surface area contributed by atoms with E-state index in [-0.39, 0.29) is 16.7 Å². The van der Waals surface area contributed by atoms with Gasteiger partial charge in [-0.2, -0.15) is 0 Å². The molecule has 0 heterocycles. The molecule has 0 fully saturated rings. The average molecular weight is 407 g/mol. The number of hydrogen-bond donors (Lipinski definition) is 0. The number of nitrogens with zero attached hydrogens (tertiary/aromatic N) is 1. The van der Waals surface area contributed by atoms with Crippen LogP contribution >= 0.6 is 22.6 Å². The molecule has 0 amide bonds. The number of hydrogen-bond acceptors (Lipinski definition) is 3. The molecule has 0 aliphatic rings. The van der Waals surface area contributed by atoms with E-state index >= 15 is 0 Å². The van der Waals surface area contributed by atoms with Crippen LogP contribution in [-0.4, -0.2) is 17.7 Å². The van der Waals surface area contributed by atoms with Crippen LogP contribution < -0.4 is 0 Å². The molecule has 1 aromatic carbocycles. The quantitative estimate of drug-likeness (QED) is 0.198. The lowest BCUT2D eigenvalue weighted by molar-refractivity contribution is -0.385. The molecule has 4 nitrogen and oxygen atoms in total. The molecule has 0 N–H and O–H groups in total. The summed E-state index contributed by atoms with van der Waals surface area (Å²) < 4.78 is 7.28. The van der Waals surface area contributed by atoms with Gasteiger partial charge in [0.25, 0.3) is 5.69 Å². The van der Waals surface area contributed by atoms with Crippen LogP contribution in [0.4, 0.5) is 5.69 Å². The van der Waals surface area contributed by atoms with E-state index < -0.39 is 8.32 Å². The average Bonchev–Trinajstić information content (AvgIpc) is 2.49. The van der Waals surface area contributed by atoms with Gasteiger partial charge in [0.05, 0.1) is 11.0 Å². The molecule has 0 aliphatic carbocycles. The zero-order valence-electron chi connectivity index (χ0n) is 12.3. The highest BCUT2D eigenvalue weighted by Crippen LogP contribution is 2.32. The van der Waals surface area contributed by atoms with Crippen molar-refractivity contribution in [1.82, 2.24) is 0 Å². The van der Waals surface area contributed by atoms with E-state index in [0.717, 1.165) is 28.1 Å². The number of alkyl halides is 1. The second-order valence-electron chi connectivity index (χ2n) is 4.86. The second kappa shape index (κ2) is 8.09. The number of halogens is 1. The van der Waals surface area contributed by atoms with Crippen molar-refractivity contribution in [1.29, 1.82) is 0 Å². The fourth-order valence-corrected chi connectivity index (χ4v) is 6.18. The summed E-state index contributed by atoms with van der Waals surface area (Å²) in [6, 6.07) is 10.1. The topological polar surface area (TPSA) is 52.4 Å². The predicted octanol–water partition coefficient (Wildman–Crippen LogP) is 5.09. The third kappa shape index (κ3) is 4.26. The number of benzene rings is 1. The van der Waals surface area contributed by atoms with Crippen molar-refractivity contribution in [3.63, 3.8) is 0 Å². The first-order chi connectivity index (χ1) is 9.51. The lowest BCUT2D eigenvalue weighted by Crippen LogP contribution is -2.37. The first kappa shape index (κ1) is 17.6. The first-order valence-electron chi connectivity index (χ1n) is 7.00. The maximum absolute atomic E-state index is 10.9. The molecule has 0 aromatic heterocycles.